The molecule has 34 heavy (non-hydrogen) atoms. The summed E-state index contributed by atoms with van der Waals surface area (Å²) in [5.74, 6) is 2.33. The topological polar surface area (TPSA) is 122 Å². The van der Waals surface area contributed by atoms with Crippen molar-refractivity contribution in [2.75, 3.05) is 6.61 Å². The Morgan fingerprint density at radius 2 is 1.88 bits per heavy atom. The maximum Gasteiger partial charge on any atom is 0.291 e. The number of fused-ring (bicyclic) bond motifs is 2. The number of benzene rings is 2. The Labute approximate surface area is 194 Å². The Bertz CT molecular complexity index is 1670. The number of ether oxygens (including phenoxy) is 2. The van der Waals surface area contributed by atoms with Gasteiger partial charge in [0.2, 0.25) is 4.96 Å². The molecule has 3 aromatic heterocycles. The zero-order valence-corrected chi connectivity index (χ0v) is 18.1. The van der Waals surface area contributed by atoms with Gasteiger partial charge in [0.25, 0.3) is 11.2 Å². The van der Waals surface area contributed by atoms with E-state index in [4.69, 9.17) is 13.9 Å². The third kappa shape index (κ3) is 3.39. The molecular weight excluding hydrogens is 460 g/mol. The first kappa shape index (κ1) is 20.1. The van der Waals surface area contributed by atoms with Crippen LogP contribution < -0.4 is 19.6 Å². The molecule has 5 aromatic rings. The van der Waals surface area contributed by atoms with Gasteiger partial charge >= 0.3 is 0 Å². The molecule has 0 fully saturated rings. The van der Waals surface area contributed by atoms with E-state index in [9.17, 15) is 14.9 Å². The summed E-state index contributed by atoms with van der Waals surface area (Å²) in [6.45, 7) is 0.239. The first-order valence-electron chi connectivity index (χ1n) is 10.2. The van der Waals surface area contributed by atoms with Crippen molar-refractivity contribution in [1.29, 1.82) is 0 Å². The van der Waals surface area contributed by atoms with Crippen molar-refractivity contribution in [3.8, 4) is 22.8 Å². The molecule has 0 saturated heterocycles. The Morgan fingerprint density at radius 3 is 2.71 bits per heavy atom. The van der Waals surface area contributed by atoms with Crippen LogP contribution in [0.15, 0.2) is 69.9 Å². The molecule has 0 aliphatic carbocycles. The van der Waals surface area contributed by atoms with Crippen molar-refractivity contribution in [3.63, 3.8) is 0 Å². The number of thiazole rings is 1. The van der Waals surface area contributed by atoms with Crippen molar-refractivity contribution in [2.24, 2.45) is 0 Å². The molecule has 2 aromatic carbocycles. The Morgan fingerprint density at radius 1 is 1.09 bits per heavy atom. The lowest BCUT2D eigenvalue weighted by Crippen LogP contribution is -2.26. The van der Waals surface area contributed by atoms with E-state index in [0.29, 0.717) is 43.9 Å². The fraction of sp³-hybridized carbons (Fsp3) is 0.0870. The van der Waals surface area contributed by atoms with Gasteiger partial charge in [-0.05, 0) is 30.3 Å². The van der Waals surface area contributed by atoms with Crippen LogP contribution >= 0.6 is 11.3 Å². The third-order valence-electron chi connectivity index (χ3n) is 5.26. The second-order valence-electron chi connectivity index (χ2n) is 7.42. The second-order valence-corrected chi connectivity index (χ2v) is 8.43. The summed E-state index contributed by atoms with van der Waals surface area (Å²) in [5.41, 5.74) is -0.0478. The summed E-state index contributed by atoms with van der Waals surface area (Å²) in [6, 6.07) is 16.9. The molecule has 10 nitrogen and oxygen atoms in total. The molecule has 0 amide bonds. The second kappa shape index (κ2) is 7.81. The van der Waals surface area contributed by atoms with E-state index < -0.39 is 11.0 Å². The third-order valence-corrected chi connectivity index (χ3v) is 6.22. The van der Waals surface area contributed by atoms with Crippen molar-refractivity contribution in [2.45, 2.75) is 6.10 Å². The number of hydrogen-bond acceptors (Lipinski definition) is 9. The molecule has 1 unspecified atom stereocenters. The largest absolute Gasteiger partial charge is 0.485 e. The van der Waals surface area contributed by atoms with Gasteiger partial charge in [-0.1, -0.05) is 35.6 Å². The van der Waals surface area contributed by atoms with Gasteiger partial charge in [0.15, 0.2) is 23.4 Å². The molecule has 0 bridgehead atoms. The number of nitro benzene ring substituents is 1. The number of nitro groups is 1. The smallest absolute Gasteiger partial charge is 0.291 e. The van der Waals surface area contributed by atoms with Crippen LogP contribution in [0.5, 0.6) is 11.5 Å². The highest BCUT2D eigenvalue weighted by atomic mass is 32.1. The van der Waals surface area contributed by atoms with Crippen LogP contribution in [0.2, 0.25) is 0 Å². The maximum absolute atomic E-state index is 12.9. The molecule has 4 heterocycles. The standard InChI is InChI=1S/C23H14N4O6S/c28-22-20(11-13-9-10-16(32-13)14-5-1-2-6-15(14)27(29)30)34-23-24-21(25-26(22)23)19-12-31-17-7-3-4-8-18(17)33-19/h1-11,19H,12H2. The molecule has 1 atom stereocenters. The molecular formula is C23H14N4O6S. The van der Waals surface area contributed by atoms with E-state index >= 15 is 0 Å². The lowest BCUT2D eigenvalue weighted by atomic mass is 10.1. The summed E-state index contributed by atoms with van der Waals surface area (Å²) < 4.78 is 19.0. The van der Waals surface area contributed by atoms with E-state index in [0.717, 1.165) is 11.3 Å². The van der Waals surface area contributed by atoms with Gasteiger partial charge in [-0.2, -0.15) is 9.50 Å². The zero-order valence-electron chi connectivity index (χ0n) is 17.3. The van der Waals surface area contributed by atoms with E-state index in [2.05, 4.69) is 10.1 Å². The molecule has 0 radical (unpaired) electrons. The monoisotopic (exact) mass is 474 g/mol. The van der Waals surface area contributed by atoms with Crippen LogP contribution in [0.1, 0.15) is 17.7 Å². The first-order chi connectivity index (χ1) is 16.6. The molecule has 1 aliphatic heterocycles. The van der Waals surface area contributed by atoms with Crippen molar-refractivity contribution >= 4 is 28.1 Å². The minimum atomic E-state index is -0.525. The van der Waals surface area contributed by atoms with Crippen LogP contribution in [0.3, 0.4) is 0 Å². The van der Waals surface area contributed by atoms with Gasteiger partial charge in [0, 0.05) is 12.1 Å². The van der Waals surface area contributed by atoms with Gasteiger partial charge in [0.05, 0.1) is 10.5 Å². The van der Waals surface area contributed by atoms with Gasteiger partial charge < -0.3 is 13.9 Å². The number of para-hydroxylation sites is 3. The highest BCUT2D eigenvalue weighted by Crippen LogP contribution is 2.35. The first-order valence-corrected chi connectivity index (χ1v) is 11.0. The fourth-order valence-corrected chi connectivity index (χ4v) is 4.57. The zero-order chi connectivity index (χ0) is 23.2. The van der Waals surface area contributed by atoms with Crippen molar-refractivity contribution in [1.82, 2.24) is 14.6 Å². The number of rotatable bonds is 4. The van der Waals surface area contributed by atoms with Gasteiger partial charge in [-0.3, -0.25) is 14.9 Å². The average Bonchev–Trinajstić information content (AvgIpc) is 3.56. The Balaban J connectivity index is 1.31. The lowest BCUT2D eigenvalue weighted by molar-refractivity contribution is -0.384. The predicted molar refractivity (Wildman–Crippen MR) is 122 cm³/mol. The molecule has 168 valence electrons. The van der Waals surface area contributed by atoms with E-state index in [1.165, 1.54) is 10.6 Å². The molecule has 0 N–H and O–H groups in total. The van der Waals surface area contributed by atoms with Crippen molar-refractivity contribution < 1.29 is 18.8 Å². The van der Waals surface area contributed by atoms with Gasteiger partial charge in [-0.15, -0.1) is 5.10 Å². The molecule has 11 heteroatoms. The molecule has 0 spiro atoms. The Hall–Kier alpha value is -4.51. The van der Waals surface area contributed by atoms with Crippen LogP contribution in [-0.2, 0) is 0 Å². The van der Waals surface area contributed by atoms with Crippen LogP contribution in [0.25, 0.3) is 22.4 Å². The average molecular weight is 474 g/mol. The van der Waals surface area contributed by atoms with Crippen molar-refractivity contribution in [3.05, 3.63) is 97.2 Å². The molecule has 6 rings (SSSR count). The number of nitrogens with zero attached hydrogens (tertiary/aromatic N) is 4. The summed E-state index contributed by atoms with van der Waals surface area (Å²) in [4.78, 5) is 28.6. The van der Waals surface area contributed by atoms with Crippen LogP contribution in [0, 0.1) is 10.1 Å². The van der Waals surface area contributed by atoms with Gasteiger partial charge in [-0.25, -0.2) is 0 Å². The summed E-state index contributed by atoms with van der Waals surface area (Å²) in [6.07, 6.45) is 1.04. The van der Waals surface area contributed by atoms with Crippen LogP contribution in [-0.4, -0.2) is 26.1 Å². The minimum absolute atomic E-state index is 0.0595. The fourth-order valence-electron chi connectivity index (χ4n) is 3.68. The van der Waals surface area contributed by atoms with E-state index in [-0.39, 0.29) is 17.9 Å². The highest BCUT2D eigenvalue weighted by molar-refractivity contribution is 7.15. The van der Waals surface area contributed by atoms with E-state index in [1.807, 2.05) is 18.2 Å². The Kier molecular flexibility index (Phi) is 4.62. The number of aromatic nitrogens is 3. The lowest BCUT2D eigenvalue weighted by Gasteiger charge is -2.24. The summed E-state index contributed by atoms with van der Waals surface area (Å²) >= 11 is 1.16. The maximum atomic E-state index is 12.9. The quantitative estimate of drug-likeness (QED) is 0.287. The van der Waals surface area contributed by atoms with Gasteiger partial charge in [0.1, 0.15) is 22.7 Å². The van der Waals surface area contributed by atoms with E-state index in [1.54, 1.807) is 42.5 Å². The SMILES string of the molecule is O=c1c(=Cc2ccc(-c3ccccc3[N+](=O)[O-])o2)sc2nc(C3COc4ccccc4O3)nn12. The number of furan rings is 1. The highest BCUT2D eigenvalue weighted by Gasteiger charge is 2.27. The van der Waals surface area contributed by atoms with Crippen LogP contribution in [0.4, 0.5) is 5.69 Å². The summed E-state index contributed by atoms with van der Waals surface area (Å²) in [7, 11) is 0. The molecule has 0 saturated carbocycles. The predicted octanol–water partition coefficient (Wildman–Crippen LogP) is 3.38. The number of hydrogen-bond donors (Lipinski definition) is 0. The normalized spacial score (nSPS) is 15.6. The molecule has 1 aliphatic rings. The summed E-state index contributed by atoms with van der Waals surface area (Å²) in [5, 5.41) is 15.6. The minimum Gasteiger partial charge on any atom is -0.485 e.